The molecule has 0 atom stereocenters. The highest BCUT2D eigenvalue weighted by Gasteiger charge is 2.16. The third kappa shape index (κ3) is 4.38. The molecule has 3 aromatic rings. The summed E-state index contributed by atoms with van der Waals surface area (Å²) in [5.74, 6) is 2.20. The summed E-state index contributed by atoms with van der Waals surface area (Å²) in [6, 6.07) is 13.3. The predicted octanol–water partition coefficient (Wildman–Crippen LogP) is 4.07. The minimum atomic E-state index is -0.446. The first-order valence-electron chi connectivity index (χ1n) is 9.41. The molecule has 2 heterocycles. The third-order valence-electron chi connectivity index (χ3n) is 4.79. The number of pyridine rings is 1. The van der Waals surface area contributed by atoms with Crippen LogP contribution in [0.3, 0.4) is 0 Å². The Kier molecular flexibility index (Phi) is 5.44. The molecule has 0 amide bonds. The number of nitrogens with zero attached hydrogens (tertiary/aromatic N) is 2. The number of non-ortho nitro benzene ring substituents is 1. The number of hydrogen-bond donors (Lipinski definition) is 1. The molecule has 0 bridgehead atoms. The molecule has 4 rings (SSSR count). The number of piperidine rings is 1. The van der Waals surface area contributed by atoms with Crippen LogP contribution in [0.25, 0.3) is 10.9 Å². The number of aromatic nitrogens is 1. The van der Waals surface area contributed by atoms with Crippen molar-refractivity contribution in [2.45, 2.75) is 18.9 Å². The van der Waals surface area contributed by atoms with Crippen molar-refractivity contribution in [1.82, 2.24) is 10.3 Å². The van der Waals surface area contributed by atoms with Crippen LogP contribution >= 0.6 is 0 Å². The number of fused-ring (bicyclic) bond motifs is 1. The van der Waals surface area contributed by atoms with Gasteiger partial charge in [-0.2, -0.15) is 0 Å². The fourth-order valence-electron chi connectivity index (χ4n) is 3.28. The molecule has 1 aromatic heterocycles. The molecule has 1 fully saturated rings. The zero-order valence-corrected chi connectivity index (χ0v) is 16.0. The van der Waals surface area contributed by atoms with Crippen LogP contribution in [0.4, 0.5) is 5.69 Å². The van der Waals surface area contributed by atoms with Crippen LogP contribution in [-0.4, -0.2) is 36.2 Å². The summed E-state index contributed by atoms with van der Waals surface area (Å²) < 4.78 is 17.4. The van der Waals surface area contributed by atoms with Crippen molar-refractivity contribution in [2.75, 3.05) is 20.2 Å². The fourth-order valence-corrected chi connectivity index (χ4v) is 3.28. The van der Waals surface area contributed by atoms with Gasteiger partial charge in [-0.25, -0.2) is 4.98 Å². The lowest BCUT2D eigenvalue weighted by Gasteiger charge is -2.24. The molecule has 1 aliphatic heterocycles. The Labute approximate surface area is 167 Å². The van der Waals surface area contributed by atoms with Gasteiger partial charge in [-0.3, -0.25) is 10.1 Å². The summed E-state index contributed by atoms with van der Waals surface area (Å²) in [5.41, 5.74) is 0.696. The summed E-state index contributed by atoms with van der Waals surface area (Å²) >= 11 is 0. The highest BCUT2D eigenvalue weighted by molar-refractivity contribution is 5.87. The average Bonchev–Trinajstić information content (AvgIpc) is 2.74. The van der Waals surface area contributed by atoms with Crippen molar-refractivity contribution in [3.8, 4) is 23.1 Å². The summed E-state index contributed by atoms with van der Waals surface area (Å²) in [6.07, 6.45) is 2.13. The number of nitro benzene ring substituents is 1. The number of nitro groups is 1. The van der Waals surface area contributed by atoms with E-state index in [0.717, 1.165) is 37.1 Å². The molecule has 0 unspecified atom stereocenters. The molecule has 2 aromatic carbocycles. The summed E-state index contributed by atoms with van der Waals surface area (Å²) in [6.45, 7) is 1.91. The normalized spacial score (nSPS) is 14.5. The maximum atomic E-state index is 10.8. The molecule has 0 spiro atoms. The maximum absolute atomic E-state index is 10.8. The number of ether oxygens (including phenoxy) is 3. The van der Waals surface area contributed by atoms with Crippen molar-refractivity contribution in [2.24, 2.45) is 0 Å². The first kappa shape index (κ1) is 18.9. The SMILES string of the molecule is COc1cc(Oc2ccc([N+](=O)[O-])cc2)c2ccc(OC3CCNCC3)cc2n1. The van der Waals surface area contributed by atoms with Crippen LogP contribution in [0.1, 0.15) is 12.8 Å². The van der Waals surface area contributed by atoms with Crippen molar-refractivity contribution in [1.29, 1.82) is 0 Å². The summed E-state index contributed by atoms with van der Waals surface area (Å²) in [4.78, 5) is 14.9. The van der Waals surface area contributed by atoms with E-state index in [1.165, 1.54) is 12.1 Å². The van der Waals surface area contributed by atoms with Gasteiger partial charge in [-0.15, -0.1) is 0 Å². The smallest absolute Gasteiger partial charge is 0.269 e. The van der Waals surface area contributed by atoms with Gasteiger partial charge in [0.2, 0.25) is 5.88 Å². The number of hydrogen-bond acceptors (Lipinski definition) is 7. The monoisotopic (exact) mass is 395 g/mol. The van der Waals surface area contributed by atoms with Gasteiger partial charge in [0.05, 0.1) is 17.5 Å². The van der Waals surface area contributed by atoms with E-state index in [-0.39, 0.29) is 11.8 Å². The van der Waals surface area contributed by atoms with Crippen LogP contribution in [0.15, 0.2) is 48.5 Å². The molecule has 150 valence electrons. The van der Waals surface area contributed by atoms with E-state index in [2.05, 4.69) is 10.3 Å². The number of methoxy groups -OCH3 is 1. The van der Waals surface area contributed by atoms with Crippen LogP contribution in [0, 0.1) is 10.1 Å². The minimum Gasteiger partial charge on any atom is -0.490 e. The lowest BCUT2D eigenvalue weighted by molar-refractivity contribution is -0.384. The Hall–Kier alpha value is -3.39. The molecule has 1 aliphatic rings. The van der Waals surface area contributed by atoms with Gasteiger partial charge in [0.1, 0.15) is 23.4 Å². The number of benzene rings is 2. The molecule has 0 aliphatic carbocycles. The minimum absolute atomic E-state index is 0.00854. The fraction of sp³-hybridized carbons (Fsp3) is 0.286. The Bertz CT molecular complexity index is 1020. The Morgan fingerprint density at radius 2 is 1.79 bits per heavy atom. The molecule has 8 nitrogen and oxygen atoms in total. The second-order valence-corrected chi connectivity index (χ2v) is 6.76. The zero-order chi connectivity index (χ0) is 20.2. The maximum Gasteiger partial charge on any atom is 0.269 e. The molecular weight excluding hydrogens is 374 g/mol. The van der Waals surface area contributed by atoms with Crippen molar-refractivity contribution in [3.05, 3.63) is 58.6 Å². The molecule has 0 saturated carbocycles. The van der Waals surface area contributed by atoms with Gasteiger partial charge in [0, 0.05) is 29.7 Å². The average molecular weight is 395 g/mol. The zero-order valence-electron chi connectivity index (χ0n) is 16.0. The number of nitrogens with one attached hydrogen (secondary N) is 1. The van der Waals surface area contributed by atoms with Gasteiger partial charge >= 0.3 is 0 Å². The topological polar surface area (TPSA) is 95.8 Å². The second-order valence-electron chi connectivity index (χ2n) is 6.76. The predicted molar refractivity (Wildman–Crippen MR) is 108 cm³/mol. The van der Waals surface area contributed by atoms with Gasteiger partial charge < -0.3 is 19.5 Å². The molecule has 1 N–H and O–H groups in total. The summed E-state index contributed by atoms with van der Waals surface area (Å²) in [5, 5.41) is 14.9. The van der Waals surface area contributed by atoms with E-state index in [1.54, 1.807) is 25.3 Å². The highest BCUT2D eigenvalue weighted by atomic mass is 16.6. The largest absolute Gasteiger partial charge is 0.490 e. The Morgan fingerprint density at radius 3 is 2.48 bits per heavy atom. The lowest BCUT2D eigenvalue weighted by Crippen LogP contribution is -2.34. The van der Waals surface area contributed by atoms with E-state index >= 15 is 0 Å². The second kappa shape index (κ2) is 8.32. The van der Waals surface area contributed by atoms with E-state index in [9.17, 15) is 10.1 Å². The van der Waals surface area contributed by atoms with Gasteiger partial charge in [-0.1, -0.05) is 0 Å². The van der Waals surface area contributed by atoms with Crippen molar-refractivity contribution in [3.63, 3.8) is 0 Å². The first-order valence-corrected chi connectivity index (χ1v) is 9.41. The summed E-state index contributed by atoms with van der Waals surface area (Å²) in [7, 11) is 1.54. The van der Waals surface area contributed by atoms with Crippen LogP contribution in [0.2, 0.25) is 0 Å². The van der Waals surface area contributed by atoms with Crippen LogP contribution < -0.4 is 19.5 Å². The van der Waals surface area contributed by atoms with Crippen LogP contribution in [0.5, 0.6) is 23.1 Å². The molecule has 1 saturated heterocycles. The van der Waals surface area contributed by atoms with Gasteiger partial charge in [0.15, 0.2) is 0 Å². The van der Waals surface area contributed by atoms with E-state index < -0.39 is 4.92 Å². The molecular formula is C21H21N3O5. The Morgan fingerprint density at radius 1 is 1.07 bits per heavy atom. The van der Waals surface area contributed by atoms with E-state index in [4.69, 9.17) is 14.2 Å². The van der Waals surface area contributed by atoms with Crippen LogP contribution in [-0.2, 0) is 0 Å². The quantitative estimate of drug-likeness (QED) is 0.496. The van der Waals surface area contributed by atoms with E-state index in [0.29, 0.717) is 22.9 Å². The number of rotatable bonds is 6. The van der Waals surface area contributed by atoms with Crippen molar-refractivity contribution < 1.29 is 19.1 Å². The van der Waals surface area contributed by atoms with E-state index in [1.807, 2.05) is 18.2 Å². The van der Waals surface area contributed by atoms with Crippen molar-refractivity contribution >= 4 is 16.6 Å². The Balaban J connectivity index is 1.63. The van der Waals surface area contributed by atoms with Gasteiger partial charge in [-0.05, 0) is 50.2 Å². The third-order valence-corrected chi connectivity index (χ3v) is 4.79. The molecule has 29 heavy (non-hydrogen) atoms. The highest BCUT2D eigenvalue weighted by Crippen LogP contribution is 2.34. The van der Waals surface area contributed by atoms with Gasteiger partial charge in [0.25, 0.3) is 5.69 Å². The standard InChI is InChI=1S/C21H21N3O5/c1-27-21-13-20(29-15-4-2-14(3-5-15)24(25)26)18-7-6-17(12-19(18)23-21)28-16-8-10-22-11-9-16/h2-7,12-13,16,22H,8-11H2,1H3. The lowest BCUT2D eigenvalue weighted by atomic mass is 10.1. The molecule has 0 radical (unpaired) electrons. The molecule has 8 heteroatoms. The first-order chi connectivity index (χ1) is 14.1.